The highest BCUT2D eigenvalue weighted by Gasteiger charge is 2.37. The van der Waals surface area contributed by atoms with Crippen LogP contribution in [0.2, 0.25) is 5.02 Å². The maximum absolute atomic E-state index is 13.2. The topological polar surface area (TPSA) is 68.5 Å². The molecular weight excluding hydrogens is 443 g/mol. The summed E-state index contributed by atoms with van der Waals surface area (Å²) in [6.45, 7) is 0.353. The first kappa shape index (κ1) is 22.4. The molecule has 0 amide bonds. The van der Waals surface area contributed by atoms with E-state index in [4.69, 9.17) is 20.8 Å². The lowest BCUT2D eigenvalue weighted by molar-refractivity contribution is -0.139. The minimum Gasteiger partial charge on any atom is -0.467 e. The van der Waals surface area contributed by atoms with Crippen molar-refractivity contribution in [2.24, 2.45) is 0 Å². The molecule has 10 heteroatoms. The number of nitrogens with one attached hydrogen (secondary N) is 1. The van der Waals surface area contributed by atoms with Crippen molar-refractivity contribution < 1.29 is 30.7 Å². The van der Waals surface area contributed by atoms with Crippen LogP contribution < -0.4 is 4.72 Å². The molecule has 0 saturated carbocycles. The number of halogens is 4. The van der Waals surface area contributed by atoms with E-state index in [0.29, 0.717) is 17.4 Å². The van der Waals surface area contributed by atoms with Crippen molar-refractivity contribution >= 4 is 21.6 Å². The zero-order valence-corrected chi connectivity index (χ0v) is 17.0. The smallest absolute Gasteiger partial charge is 0.417 e. The van der Waals surface area contributed by atoms with E-state index in [1.54, 1.807) is 36.4 Å². The second kappa shape index (κ2) is 9.22. The molecule has 3 rings (SSSR count). The Hall–Kier alpha value is -2.33. The van der Waals surface area contributed by atoms with Crippen molar-refractivity contribution in [3.63, 3.8) is 0 Å². The van der Waals surface area contributed by atoms with Crippen LogP contribution in [0.3, 0.4) is 0 Å². The highest BCUT2D eigenvalue weighted by atomic mass is 35.5. The van der Waals surface area contributed by atoms with E-state index in [9.17, 15) is 21.6 Å². The van der Waals surface area contributed by atoms with Gasteiger partial charge < -0.3 is 9.15 Å². The van der Waals surface area contributed by atoms with Crippen LogP contribution in [0.5, 0.6) is 0 Å². The lowest BCUT2D eigenvalue weighted by Crippen LogP contribution is -2.26. The molecule has 0 atom stereocenters. The Balaban J connectivity index is 1.68. The summed E-state index contributed by atoms with van der Waals surface area (Å²) in [7, 11) is -4.42. The molecule has 0 aliphatic carbocycles. The van der Waals surface area contributed by atoms with Crippen molar-refractivity contribution in [3.8, 4) is 0 Å². The molecule has 0 spiro atoms. The molecule has 2 aromatic carbocycles. The number of rotatable bonds is 8. The fraction of sp³-hybridized carbons (Fsp3) is 0.200. The quantitative estimate of drug-likeness (QED) is 0.506. The molecule has 3 aromatic rings. The van der Waals surface area contributed by atoms with Gasteiger partial charge in [0.05, 0.1) is 23.3 Å². The Morgan fingerprint density at radius 3 is 2.47 bits per heavy atom. The Bertz CT molecular complexity index is 1100. The van der Waals surface area contributed by atoms with Crippen LogP contribution in [0.1, 0.15) is 22.5 Å². The number of furan rings is 1. The number of alkyl halides is 3. The number of sulfonamides is 1. The Kier molecular flexibility index (Phi) is 6.87. The lowest BCUT2D eigenvalue weighted by Gasteiger charge is -2.14. The van der Waals surface area contributed by atoms with Gasteiger partial charge in [-0.2, -0.15) is 13.2 Å². The summed E-state index contributed by atoms with van der Waals surface area (Å²) in [4.78, 5) is -0.877. The minimum absolute atomic E-state index is 0.186. The van der Waals surface area contributed by atoms with Gasteiger partial charge >= 0.3 is 6.18 Å². The van der Waals surface area contributed by atoms with E-state index in [1.165, 1.54) is 6.26 Å². The predicted octanol–water partition coefficient (Wildman–Crippen LogP) is 5.15. The third-order valence-corrected chi connectivity index (χ3v) is 5.78. The van der Waals surface area contributed by atoms with Gasteiger partial charge in [0.25, 0.3) is 0 Å². The Morgan fingerprint density at radius 1 is 1.00 bits per heavy atom. The summed E-state index contributed by atoms with van der Waals surface area (Å²) >= 11 is 5.60. The van der Waals surface area contributed by atoms with E-state index in [1.807, 2.05) is 0 Å². The van der Waals surface area contributed by atoms with E-state index in [2.05, 4.69) is 4.72 Å². The van der Waals surface area contributed by atoms with E-state index < -0.39 is 26.7 Å². The second-order valence-electron chi connectivity index (χ2n) is 6.35. The maximum Gasteiger partial charge on any atom is 0.417 e. The van der Waals surface area contributed by atoms with Gasteiger partial charge in [0.15, 0.2) is 0 Å². The van der Waals surface area contributed by atoms with Crippen LogP contribution >= 0.6 is 11.6 Å². The number of hydrogen-bond acceptors (Lipinski definition) is 4. The standard InChI is InChI=1S/C20H17ClF3NO4S/c21-16-6-7-19(18(10-16)20(22,23)24)30(26,27)25-11-14-3-1-4-15(9-14)12-28-13-17-5-2-8-29-17/h1-10,25H,11-13H2. The molecule has 0 aliphatic rings. The van der Waals surface area contributed by atoms with Crippen LogP contribution in [0, 0.1) is 0 Å². The zero-order chi connectivity index (χ0) is 21.8. The fourth-order valence-corrected chi connectivity index (χ4v) is 4.10. The summed E-state index contributed by atoms with van der Waals surface area (Å²) in [5.41, 5.74) is 0.0310. The first-order valence-corrected chi connectivity index (χ1v) is 10.6. The molecule has 0 unspecified atom stereocenters. The van der Waals surface area contributed by atoms with Crippen LogP contribution in [0.4, 0.5) is 13.2 Å². The predicted molar refractivity (Wildman–Crippen MR) is 104 cm³/mol. The van der Waals surface area contributed by atoms with Gasteiger partial charge in [0, 0.05) is 11.6 Å². The van der Waals surface area contributed by atoms with Crippen LogP contribution in [0.25, 0.3) is 0 Å². The van der Waals surface area contributed by atoms with Crippen molar-refractivity contribution in [2.75, 3.05) is 0 Å². The van der Waals surface area contributed by atoms with Crippen LogP contribution in [-0.4, -0.2) is 8.42 Å². The van der Waals surface area contributed by atoms with Gasteiger partial charge in [-0.25, -0.2) is 13.1 Å². The molecule has 160 valence electrons. The first-order valence-electron chi connectivity index (χ1n) is 8.69. The molecule has 1 heterocycles. The molecule has 0 bridgehead atoms. The van der Waals surface area contributed by atoms with E-state index in [0.717, 1.165) is 17.7 Å². The average Bonchev–Trinajstić information content (AvgIpc) is 3.19. The Morgan fingerprint density at radius 2 is 1.77 bits per heavy atom. The summed E-state index contributed by atoms with van der Waals surface area (Å²) in [5, 5.41) is -0.205. The summed E-state index contributed by atoms with van der Waals surface area (Å²) in [5.74, 6) is 0.669. The molecule has 5 nitrogen and oxygen atoms in total. The monoisotopic (exact) mass is 459 g/mol. The lowest BCUT2D eigenvalue weighted by atomic mass is 10.1. The molecule has 30 heavy (non-hydrogen) atoms. The van der Waals surface area contributed by atoms with Crippen molar-refractivity contribution in [2.45, 2.75) is 30.8 Å². The SMILES string of the molecule is O=S(=O)(NCc1cccc(COCc2ccco2)c1)c1ccc(Cl)cc1C(F)(F)F. The van der Waals surface area contributed by atoms with Crippen LogP contribution in [-0.2, 0) is 40.7 Å². The average molecular weight is 460 g/mol. The molecular formula is C20H17ClF3NO4S. The summed E-state index contributed by atoms with van der Waals surface area (Å²) in [6, 6.07) is 12.9. The minimum atomic E-state index is -4.86. The molecule has 1 N–H and O–H groups in total. The maximum atomic E-state index is 13.2. The summed E-state index contributed by atoms with van der Waals surface area (Å²) in [6.07, 6.45) is -3.32. The van der Waals surface area contributed by atoms with Gasteiger partial charge in [-0.1, -0.05) is 35.9 Å². The highest BCUT2D eigenvalue weighted by Crippen LogP contribution is 2.35. The van der Waals surface area contributed by atoms with Crippen molar-refractivity contribution in [1.29, 1.82) is 0 Å². The fourth-order valence-electron chi connectivity index (χ4n) is 2.71. The molecule has 0 fully saturated rings. The molecule has 0 radical (unpaired) electrons. The third-order valence-electron chi connectivity index (χ3n) is 4.09. The number of hydrogen-bond donors (Lipinski definition) is 1. The Labute approximate surface area is 176 Å². The summed E-state index contributed by atoms with van der Waals surface area (Å²) < 4.78 is 77.5. The van der Waals surface area contributed by atoms with Gasteiger partial charge in [0.1, 0.15) is 12.4 Å². The zero-order valence-electron chi connectivity index (χ0n) is 15.4. The molecule has 0 saturated heterocycles. The molecule has 1 aromatic heterocycles. The van der Waals surface area contributed by atoms with E-state index in [-0.39, 0.29) is 24.8 Å². The normalized spacial score (nSPS) is 12.3. The number of benzene rings is 2. The van der Waals surface area contributed by atoms with Gasteiger partial charge in [0.2, 0.25) is 10.0 Å². The van der Waals surface area contributed by atoms with E-state index >= 15 is 0 Å². The van der Waals surface area contributed by atoms with Crippen molar-refractivity contribution in [3.05, 3.63) is 88.3 Å². The van der Waals surface area contributed by atoms with Crippen molar-refractivity contribution in [1.82, 2.24) is 4.72 Å². The first-order chi connectivity index (χ1) is 14.1. The van der Waals surface area contributed by atoms with Crippen LogP contribution in [0.15, 0.2) is 70.2 Å². The third kappa shape index (κ3) is 5.85. The highest BCUT2D eigenvalue weighted by molar-refractivity contribution is 7.89. The number of ether oxygens (including phenoxy) is 1. The largest absolute Gasteiger partial charge is 0.467 e. The molecule has 0 aliphatic heterocycles. The second-order valence-corrected chi connectivity index (χ2v) is 8.53. The van der Waals surface area contributed by atoms with Gasteiger partial charge in [-0.3, -0.25) is 0 Å². The van der Waals surface area contributed by atoms with Gasteiger partial charge in [-0.05, 0) is 41.5 Å². The van der Waals surface area contributed by atoms with Gasteiger partial charge in [-0.15, -0.1) is 0 Å².